The highest BCUT2D eigenvalue weighted by Gasteiger charge is 2.30. The number of benzene rings is 1. The fourth-order valence-electron chi connectivity index (χ4n) is 2.19. The molecule has 0 atom stereocenters. The first-order chi connectivity index (χ1) is 10.3. The number of halogens is 3. The molecule has 0 saturated heterocycles. The molecule has 0 bridgehead atoms. The lowest BCUT2D eigenvalue weighted by Gasteiger charge is -2.07. The Morgan fingerprint density at radius 2 is 1.73 bits per heavy atom. The quantitative estimate of drug-likeness (QED) is 0.671. The van der Waals surface area contributed by atoms with Gasteiger partial charge in [-0.05, 0) is 44.0 Å². The highest BCUT2D eigenvalue weighted by atomic mass is 19.4. The third kappa shape index (κ3) is 3.84. The number of rotatable bonds is 3. The van der Waals surface area contributed by atoms with E-state index in [1.165, 1.54) is 11.6 Å². The van der Waals surface area contributed by atoms with Gasteiger partial charge in [-0.15, -0.1) is 0 Å². The number of nitrogens with zero attached hydrogens (tertiary/aromatic N) is 2. The largest absolute Gasteiger partial charge is 0.417 e. The van der Waals surface area contributed by atoms with Crippen molar-refractivity contribution in [2.45, 2.75) is 26.9 Å². The Hall–Kier alpha value is -2.37. The summed E-state index contributed by atoms with van der Waals surface area (Å²) in [7, 11) is 0. The fraction of sp³-hybridized carbons (Fsp3) is 0.250. The van der Waals surface area contributed by atoms with Crippen LogP contribution in [0.3, 0.4) is 0 Å². The zero-order chi connectivity index (χ0) is 16.3. The lowest BCUT2D eigenvalue weighted by molar-refractivity contribution is -0.137. The van der Waals surface area contributed by atoms with Crippen LogP contribution in [0.2, 0.25) is 0 Å². The van der Waals surface area contributed by atoms with E-state index in [0.717, 1.165) is 29.0 Å². The first kappa shape index (κ1) is 16.0. The third-order valence-electron chi connectivity index (χ3n) is 3.20. The Labute approximate surface area is 126 Å². The van der Waals surface area contributed by atoms with Gasteiger partial charge in [0.05, 0.1) is 11.8 Å². The van der Waals surface area contributed by atoms with Crippen LogP contribution in [0.15, 0.2) is 35.6 Å². The highest BCUT2D eigenvalue weighted by Crippen LogP contribution is 2.28. The number of pyridine rings is 1. The van der Waals surface area contributed by atoms with Gasteiger partial charge in [-0.25, -0.2) is 4.98 Å². The first-order valence-corrected chi connectivity index (χ1v) is 6.67. The smallest absolute Gasteiger partial charge is 0.261 e. The molecule has 2 aromatic rings. The molecule has 0 aliphatic carbocycles. The minimum atomic E-state index is -4.38. The summed E-state index contributed by atoms with van der Waals surface area (Å²) >= 11 is 0. The molecule has 1 aromatic heterocycles. The summed E-state index contributed by atoms with van der Waals surface area (Å²) < 4.78 is 37.3. The van der Waals surface area contributed by atoms with Crippen molar-refractivity contribution < 1.29 is 13.2 Å². The van der Waals surface area contributed by atoms with Gasteiger partial charge in [0.25, 0.3) is 0 Å². The summed E-state index contributed by atoms with van der Waals surface area (Å²) in [4.78, 5) is 3.69. The molecular weight excluding hydrogens is 291 g/mol. The first-order valence-electron chi connectivity index (χ1n) is 6.67. The molecule has 1 heterocycles. The van der Waals surface area contributed by atoms with Crippen molar-refractivity contribution in [2.75, 3.05) is 5.43 Å². The van der Waals surface area contributed by atoms with E-state index in [4.69, 9.17) is 0 Å². The number of aryl methyl sites for hydroxylation is 3. The molecule has 6 heteroatoms. The summed E-state index contributed by atoms with van der Waals surface area (Å²) in [5.74, 6) is 0.256. The zero-order valence-corrected chi connectivity index (χ0v) is 12.5. The monoisotopic (exact) mass is 307 g/mol. The van der Waals surface area contributed by atoms with Gasteiger partial charge in [0.15, 0.2) is 0 Å². The Morgan fingerprint density at radius 3 is 2.23 bits per heavy atom. The topological polar surface area (TPSA) is 37.3 Å². The molecule has 0 radical (unpaired) electrons. The van der Waals surface area contributed by atoms with Crippen LogP contribution in [0.4, 0.5) is 19.0 Å². The normalized spacial score (nSPS) is 11.9. The van der Waals surface area contributed by atoms with Gasteiger partial charge in [0.1, 0.15) is 5.82 Å². The molecule has 0 fully saturated rings. The standard InChI is InChI=1S/C16H16F3N3/c1-10-6-11(2)14(12(3)7-10)9-21-22-15-5-4-13(8-20-15)16(17,18)19/h4-9H,1-3H3,(H,20,22)/b21-9+. The molecule has 1 aromatic carbocycles. The molecule has 22 heavy (non-hydrogen) atoms. The van der Waals surface area contributed by atoms with Crippen molar-refractivity contribution >= 4 is 12.0 Å². The molecule has 0 saturated carbocycles. The zero-order valence-electron chi connectivity index (χ0n) is 12.5. The van der Waals surface area contributed by atoms with E-state index in [0.29, 0.717) is 0 Å². The van der Waals surface area contributed by atoms with Crippen molar-refractivity contribution in [3.05, 3.63) is 58.3 Å². The second-order valence-corrected chi connectivity index (χ2v) is 5.11. The van der Waals surface area contributed by atoms with Crippen LogP contribution in [0, 0.1) is 20.8 Å². The van der Waals surface area contributed by atoms with Crippen LogP contribution < -0.4 is 5.43 Å². The molecule has 0 unspecified atom stereocenters. The Bertz CT molecular complexity index is 666. The van der Waals surface area contributed by atoms with Crippen LogP contribution in [0.25, 0.3) is 0 Å². The minimum absolute atomic E-state index is 0.256. The highest BCUT2D eigenvalue weighted by molar-refractivity contribution is 5.84. The molecule has 3 nitrogen and oxygen atoms in total. The van der Waals surface area contributed by atoms with Crippen molar-refractivity contribution in [2.24, 2.45) is 5.10 Å². The number of aromatic nitrogens is 1. The molecule has 0 amide bonds. The fourth-order valence-corrected chi connectivity index (χ4v) is 2.19. The van der Waals surface area contributed by atoms with Crippen LogP contribution in [0.1, 0.15) is 27.8 Å². The molecule has 0 aliphatic rings. The summed E-state index contributed by atoms with van der Waals surface area (Å²) in [6.07, 6.45) is -1.96. The predicted molar refractivity (Wildman–Crippen MR) is 81.1 cm³/mol. The van der Waals surface area contributed by atoms with Crippen molar-refractivity contribution in [3.8, 4) is 0 Å². The van der Waals surface area contributed by atoms with Crippen molar-refractivity contribution in [1.29, 1.82) is 0 Å². The maximum absolute atomic E-state index is 12.4. The SMILES string of the molecule is Cc1cc(C)c(/C=N/Nc2ccc(C(F)(F)F)cn2)c(C)c1. The van der Waals surface area contributed by atoms with Gasteiger partial charge in [-0.2, -0.15) is 18.3 Å². The molecule has 0 aliphatic heterocycles. The van der Waals surface area contributed by atoms with Crippen LogP contribution in [-0.4, -0.2) is 11.2 Å². The number of anilines is 1. The van der Waals surface area contributed by atoms with E-state index in [1.807, 2.05) is 32.9 Å². The number of hydrogen-bond donors (Lipinski definition) is 1. The Morgan fingerprint density at radius 1 is 1.09 bits per heavy atom. The van der Waals surface area contributed by atoms with E-state index in [-0.39, 0.29) is 5.82 Å². The lowest BCUT2D eigenvalue weighted by Crippen LogP contribution is -2.05. The van der Waals surface area contributed by atoms with Gasteiger partial charge < -0.3 is 0 Å². The van der Waals surface area contributed by atoms with Crippen LogP contribution >= 0.6 is 0 Å². The summed E-state index contributed by atoms with van der Waals surface area (Å²) in [5.41, 5.74) is 6.17. The maximum atomic E-state index is 12.4. The summed E-state index contributed by atoms with van der Waals surface area (Å²) in [5, 5.41) is 4.04. The Balaban J connectivity index is 2.10. The number of alkyl halides is 3. The summed E-state index contributed by atoms with van der Waals surface area (Å²) in [6.45, 7) is 5.99. The second kappa shape index (κ2) is 6.17. The number of hydrogen-bond acceptors (Lipinski definition) is 3. The predicted octanol–water partition coefficient (Wildman–Crippen LogP) is 4.47. The number of nitrogens with one attached hydrogen (secondary N) is 1. The average Bonchev–Trinajstić information content (AvgIpc) is 2.41. The third-order valence-corrected chi connectivity index (χ3v) is 3.20. The average molecular weight is 307 g/mol. The Kier molecular flexibility index (Phi) is 4.49. The maximum Gasteiger partial charge on any atom is 0.417 e. The van der Waals surface area contributed by atoms with Gasteiger partial charge in [0, 0.05) is 11.8 Å². The van der Waals surface area contributed by atoms with Crippen LogP contribution in [-0.2, 0) is 6.18 Å². The summed E-state index contributed by atoms with van der Waals surface area (Å²) in [6, 6.07) is 6.30. The van der Waals surface area contributed by atoms with E-state index >= 15 is 0 Å². The molecule has 0 spiro atoms. The van der Waals surface area contributed by atoms with Gasteiger partial charge in [-0.3, -0.25) is 5.43 Å². The number of hydrazone groups is 1. The van der Waals surface area contributed by atoms with E-state index < -0.39 is 11.7 Å². The minimum Gasteiger partial charge on any atom is -0.261 e. The van der Waals surface area contributed by atoms with Crippen molar-refractivity contribution in [1.82, 2.24) is 4.98 Å². The van der Waals surface area contributed by atoms with Gasteiger partial charge in [0.2, 0.25) is 0 Å². The molecule has 1 N–H and O–H groups in total. The van der Waals surface area contributed by atoms with Crippen molar-refractivity contribution in [3.63, 3.8) is 0 Å². The molecule has 116 valence electrons. The van der Waals surface area contributed by atoms with Gasteiger partial charge >= 0.3 is 6.18 Å². The van der Waals surface area contributed by atoms with E-state index in [1.54, 1.807) is 6.21 Å². The van der Waals surface area contributed by atoms with Gasteiger partial charge in [-0.1, -0.05) is 17.7 Å². The molecule has 2 rings (SSSR count). The van der Waals surface area contributed by atoms with E-state index in [9.17, 15) is 13.2 Å². The molecular formula is C16H16F3N3. The lowest BCUT2D eigenvalue weighted by atomic mass is 10.0. The van der Waals surface area contributed by atoms with E-state index in [2.05, 4.69) is 15.5 Å². The van der Waals surface area contributed by atoms with Crippen LogP contribution in [0.5, 0.6) is 0 Å². The second-order valence-electron chi connectivity index (χ2n) is 5.11.